The van der Waals surface area contributed by atoms with E-state index in [0.29, 0.717) is 5.69 Å². The highest BCUT2D eigenvalue weighted by Gasteiger charge is 2.05. The Morgan fingerprint density at radius 1 is 0.625 bits per heavy atom. The van der Waals surface area contributed by atoms with Gasteiger partial charge in [-0.1, -0.05) is 15.9 Å². The molecule has 0 saturated carbocycles. The van der Waals surface area contributed by atoms with Gasteiger partial charge in [0.1, 0.15) is 6.67 Å². The molecular formula is C24H28Br4FN3. The zero-order chi connectivity index (χ0) is 24.6. The first-order valence-corrected chi connectivity index (χ1v) is 13.4. The van der Waals surface area contributed by atoms with E-state index in [1.807, 2.05) is 40.7 Å². The molecule has 0 unspecified atom stereocenters. The van der Waals surface area contributed by atoms with Gasteiger partial charge in [-0.3, -0.25) is 15.0 Å². The Bertz CT molecular complexity index is 991. The Labute approximate surface area is 224 Å². The minimum Gasteiger partial charge on any atom is -0.257 e. The molecule has 0 aliphatic rings. The van der Waals surface area contributed by atoms with Crippen LogP contribution in [0, 0.1) is 48.5 Å². The van der Waals surface area contributed by atoms with E-state index in [1.54, 1.807) is 0 Å². The van der Waals surface area contributed by atoms with Crippen molar-refractivity contribution in [1.29, 1.82) is 0 Å². The van der Waals surface area contributed by atoms with Crippen LogP contribution in [-0.2, 0) is 12.0 Å². The fourth-order valence-electron chi connectivity index (χ4n) is 2.98. The maximum Gasteiger partial charge on any atom is 0.133 e. The second-order valence-electron chi connectivity index (χ2n) is 7.43. The summed E-state index contributed by atoms with van der Waals surface area (Å²) in [5.41, 5.74) is 9.17. The van der Waals surface area contributed by atoms with Crippen molar-refractivity contribution in [3.63, 3.8) is 0 Å². The Hall–Kier alpha value is -0.700. The summed E-state index contributed by atoms with van der Waals surface area (Å²) in [5.74, 6) is 0. The zero-order valence-electron chi connectivity index (χ0n) is 19.4. The topological polar surface area (TPSA) is 38.7 Å². The van der Waals surface area contributed by atoms with E-state index in [9.17, 15) is 4.39 Å². The molecule has 3 nitrogen and oxygen atoms in total. The van der Waals surface area contributed by atoms with Crippen LogP contribution in [0.15, 0.2) is 31.6 Å². The molecule has 0 aliphatic carbocycles. The SMILES string of the molecule is Cc1cc(C)c(Br)c(C)n1.Cc1cc(C)c(Br)c(CBr)n1.Cc1cc(C)c(Br)c(CF)n1. The van der Waals surface area contributed by atoms with Gasteiger partial charge in [-0.2, -0.15) is 0 Å². The van der Waals surface area contributed by atoms with Crippen LogP contribution < -0.4 is 0 Å². The summed E-state index contributed by atoms with van der Waals surface area (Å²) in [7, 11) is 0. The molecule has 0 N–H and O–H groups in total. The average Bonchev–Trinajstić information content (AvgIpc) is 2.72. The summed E-state index contributed by atoms with van der Waals surface area (Å²) in [5, 5.41) is 0.802. The molecule has 174 valence electrons. The summed E-state index contributed by atoms with van der Waals surface area (Å²) in [6, 6.07) is 6.05. The van der Waals surface area contributed by atoms with Crippen molar-refractivity contribution in [2.45, 2.75) is 60.5 Å². The van der Waals surface area contributed by atoms with Crippen molar-refractivity contribution in [2.75, 3.05) is 0 Å². The normalized spacial score (nSPS) is 10.1. The highest BCUT2D eigenvalue weighted by molar-refractivity contribution is 9.11. The number of hydrogen-bond acceptors (Lipinski definition) is 3. The van der Waals surface area contributed by atoms with Gasteiger partial charge in [-0.15, -0.1) is 0 Å². The third-order valence-corrected chi connectivity index (χ3v) is 8.26. The van der Waals surface area contributed by atoms with Gasteiger partial charge in [0.05, 0.1) is 17.1 Å². The molecule has 3 aromatic rings. The molecule has 0 fully saturated rings. The van der Waals surface area contributed by atoms with Crippen molar-refractivity contribution in [1.82, 2.24) is 15.0 Å². The van der Waals surface area contributed by atoms with Crippen LogP contribution in [-0.4, -0.2) is 15.0 Å². The van der Waals surface area contributed by atoms with E-state index in [1.165, 1.54) is 11.1 Å². The Kier molecular flexibility index (Phi) is 12.7. The maximum atomic E-state index is 12.3. The molecule has 3 aromatic heterocycles. The number of halogens is 5. The lowest BCUT2D eigenvalue weighted by Gasteiger charge is -2.04. The van der Waals surface area contributed by atoms with Crippen molar-refractivity contribution in [2.24, 2.45) is 0 Å². The van der Waals surface area contributed by atoms with Crippen molar-refractivity contribution >= 4 is 63.7 Å². The first-order valence-electron chi connectivity index (χ1n) is 9.88. The molecule has 3 rings (SSSR count). The van der Waals surface area contributed by atoms with Gasteiger partial charge < -0.3 is 0 Å². The molecule has 32 heavy (non-hydrogen) atoms. The number of aromatic nitrogens is 3. The number of rotatable bonds is 2. The summed E-state index contributed by atoms with van der Waals surface area (Å²) >= 11 is 13.6. The highest BCUT2D eigenvalue weighted by atomic mass is 79.9. The number of hydrogen-bond donors (Lipinski definition) is 0. The zero-order valence-corrected chi connectivity index (χ0v) is 25.7. The third-order valence-electron chi connectivity index (χ3n) is 4.36. The molecule has 0 aliphatic heterocycles. The van der Waals surface area contributed by atoms with Gasteiger partial charge in [-0.25, -0.2) is 4.39 Å². The summed E-state index contributed by atoms with van der Waals surface area (Å²) in [6.07, 6.45) is 0. The summed E-state index contributed by atoms with van der Waals surface area (Å²) < 4.78 is 15.3. The molecule has 0 spiro atoms. The number of aryl methyl sites for hydroxylation is 7. The van der Waals surface area contributed by atoms with Gasteiger partial charge in [0.15, 0.2) is 0 Å². The van der Waals surface area contributed by atoms with Crippen LogP contribution in [0.2, 0.25) is 0 Å². The van der Waals surface area contributed by atoms with Crippen molar-refractivity contribution < 1.29 is 4.39 Å². The molecule has 8 heteroatoms. The second-order valence-corrected chi connectivity index (χ2v) is 10.4. The monoisotopic (exact) mass is 693 g/mol. The van der Waals surface area contributed by atoms with Crippen molar-refractivity contribution in [3.05, 3.63) is 82.5 Å². The third kappa shape index (κ3) is 8.92. The first kappa shape index (κ1) is 29.3. The standard InChI is InChI=1S/C8H9Br2N.C8H9BrFN.C8H10BrN/c1-5-3-6(2)11-7(4-9)8(5)10;1-5-3-6(2)11-7(4-10)8(5)9;1-5-4-6(2)10-7(3)8(5)9/h2*3H,4H2,1-2H3;4H,1-3H3. The van der Waals surface area contributed by atoms with Crippen LogP contribution in [0.3, 0.4) is 0 Å². The van der Waals surface area contributed by atoms with Crippen LogP contribution in [0.25, 0.3) is 0 Å². The molecule has 0 aromatic carbocycles. The molecular weight excluding hydrogens is 669 g/mol. The minimum absolute atomic E-state index is 0.488. The molecule has 0 bridgehead atoms. The van der Waals surface area contributed by atoms with Gasteiger partial charge in [0.2, 0.25) is 0 Å². The molecule has 3 heterocycles. The number of pyridine rings is 3. The van der Waals surface area contributed by atoms with E-state index in [-0.39, 0.29) is 0 Å². The lowest BCUT2D eigenvalue weighted by molar-refractivity contribution is 0.473. The summed E-state index contributed by atoms with van der Waals surface area (Å²) in [4.78, 5) is 12.7. The largest absolute Gasteiger partial charge is 0.257 e. The smallest absolute Gasteiger partial charge is 0.133 e. The lowest BCUT2D eigenvalue weighted by Crippen LogP contribution is -1.93. The predicted molar refractivity (Wildman–Crippen MR) is 146 cm³/mol. The number of nitrogens with zero attached hydrogens (tertiary/aromatic N) is 3. The van der Waals surface area contributed by atoms with Gasteiger partial charge in [-0.05, 0) is 131 Å². The number of alkyl halides is 2. The van der Waals surface area contributed by atoms with E-state index in [2.05, 4.69) is 105 Å². The van der Waals surface area contributed by atoms with E-state index in [0.717, 1.165) is 52.8 Å². The van der Waals surface area contributed by atoms with E-state index >= 15 is 0 Å². The molecule has 0 radical (unpaired) electrons. The van der Waals surface area contributed by atoms with Gasteiger partial charge in [0, 0.05) is 35.8 Å². The fraction of sp³-hybridized carbons (Fsp3) is 0.375. The first-order chi connectivity index (χ1) is 14.9. The van der Waals surface area contributed by atoms with E-state index in [4.69, 9.17) is 0 Å². The van der Waals surface area contributed by atoms with Crippen molar-refractivity contribution in [3.8, 4) is 0 Å². The second kappa shape index (κ2) is 13.9. The Morgan fingerprint density at radius 3 is 1.41 bits per heavy atom. The predicted octanol–water partition coefficient (Wildman–Crippen LogP) is 9.06. The average molecular weight is 697 g/mol. The van der Waals surface area contributed by atoms with Gasteiger partial charge in [0.25, 0.3) is 0 Å². The summed E-state index contributed by atoms with van der Waals surface area (Å²) in [6.45, 7) is 13.4. The fourth-order valence-corrected chi connectivity index (χ4v) is 4.62. The minimum atomic E-state index is -0.511. The molecule has 0 amide bonds. The van der Waals surface area contributed by atoms with E-state index < -0.39 is 6.67 Å². The van der Waals surface area contributed by atoms with Gasteiger partial charge >= 0.3 is 0 Å². The molecule has 0 atom stereocenters. The lowest BCUT2D eigenvalue weighted by atomic mass is 10.2. The van der Waals surface area contributed by atoms with Crippen LogP contribution >= 0.6 is 63.7 Å². The van der Waals surface area contributed by atoms with Crippen LogP contribution in [0.4, 0.5) is 4.39 Å². The highest BCUT2D eigenvalue weighted by Crippen LogP contribution is 2.22. The maximum absolute atomic E-state index is 12.3. The quantitative estimate of drug-likeness (QED) is 0.251. The van der Waals surface area contributed by atoms with Crippen LogP contribution in [0.1, 0.15) is 50.9 Å². The Morgan fingerprint density at radius 2 is 1.00 bits per heavy atom. The van der Waals surface area contributed by atoms with Crippen LogP contribution in [0.5, 0.6) is 0 Å². The molecule has 0 saturated heterocycles. The Balaban J connectivity index is 0.000000240.